The zero-order chi connectivity index (χ0) is 65.4. The molecular formula is C53H102Ba6ClO25P3S3Si2. The van der Waals surface area contributed by atoms with E-state index in [1.54, 1.807) is 26.4 Å². The molecule has 0 aromatic rings. The second-order valence-corrected chi connectivity index (χ2v) is 44.0. The van der Waals surface area contributed by atoms with Gasteiger partial charge in [0.05, 0.1) is 75.3 Å². The van der Waals surface area contributed by atoms with E-state index in [1.165, 1.54) is 34.0 Å². The van der Waals surface area contributed by atoms with Crippen molar-refractivity contribution in [3.63, 3.8) is 0 Å². The van der Waals surface area contributed by atoms with E-state index in [0.29, 0.717) is 49.9 Å². The number of ether oxygens (including phenoxy) is 9. The fraction of sp³-hybridized carbons (Fsp3) is 0.830. The predicted molar refractivity (Wildman–Crippen MR) is 377 cm³/mol. The van der Waals surface area contributed by atoms with Gasteiger partial charge in [-0.25, -0.2) is 48.8 Å². The van der Waals surface area contributed by atoms with E-state index in [4.69, 9.17) is 97.3 Å². The van der Waals surface area contributed by atoms with E-state index >= 15 is 0 Å². The molecule has 0 radical (unpaired) electrons. The molecule has 524 valence electrons. The Labute approximate surface area is 824 Å². The van der Waals surface area contributed by atoms with Crippen molar-refractivity contribution in [3.05, 3.63) is 39.6 Å². The summed E-state index contributed by atoms with van der Waals surface area (Å²) < 4.78 is 120. The average Bonchev–Trinajstić information content (AvgIpc) is 1.82. The van der Waals surface area contributed by atoms with E-state index in [2.05, 4.69) is 72.5 Å². The second-order valence-electron chi connectivity index (χ2n) is 23.6. The molecule has 0 bridgehead atoms. The molecule has 6 saturated heterocycles. The Bertz CT molecular complexity index is 2270. The van der Waals surface area contributed by atoms with Crippen molar-refractivity contribution in [2.75, 3.05) is 44.4 Å². The van der Waals surface area contributed by atoms with Crippen LogP contribution in [0.1, 0.15) is 136 Å². The summed E-state index contributed by atoms with van der Waals surface area (Å²) in [6, 6.07) is -0.0463. The SMILES string of the molecule is CC(=O)OCCl.CC(=O)OCS[P@@](=O)(OC[C@H]1O[CH-]CC1O)OC1C[CH-]O[C@@H]1CO.CC[C@H]1O[CH-]CC1OP(O)(=S)OC[C@H]1O[CH-]CC1O[Si](C)(C)C(C)(C)C.CC[C@H]1O[CH-]CC1O[P@](=O)(OC[C@H]1O[CH-]CC1O[Si](C)(C)C(C)(C)C)SCOC(C)=O.[Ba+2].[Ba+2].[Ba+2].[Ba+2].[Ba+2].[Ba+2].[H-].[H-].[H-].[H-].[H-].[H-]. The number of hydrogen-bond acceptors (Lipinski definition) is 27. The van der Waals surface area contributed by atoms with Crippen molar-refractivity contribution >= 4 is 394 Å². The van der Waals surface area contributed by atoms with Crippen LogP contribution in [0.2, 0.25) is 36.3 Å². The summed E-state index contributed by atoms with van der Waals surface area (Å²) in [4.78, 5) is 42.1. The number of alkyl halides is 1. The molecule has 6 aliphatic rings. The molecule has 6 heterocycles. The minimum Gasteiger partial charge on any atom is -1.00 e. The van der Waals surface area contributed by atoms with Crippen LogP contribution in [0.25, 0.3) is 0 Å². The summed E-state index contributed by atoms with van der Waals surface area (Å²) in [6.45, 7) is 28.6. The number of aliphatic hydroxyl groups excluding tert-OH is 2. The smallest absolute Gasteiger partial charge is 1.00 e. The maximum Gasteiger partial charge on any atom is 2.00 e. The van der Waals surface area contributed by atoms with Crippen LogP contribution in [0.3, 0.4) is 0 Å². The van der Waals surface area contributed by atoms with Gasteiger partial charge in [-0.15, -0.1) is 38.5 Å². The minimum absolute atomic E-state index is 0. The van der Waals surface area contributed by atoms with Gasteiger partial charge < -0.3 is 84.2 Å². The topological polar surface area (TPSA) is 303 Å². The summed E-state index contributed by atoms with van der Waals surface area (Å²) in [6.07, 6.45) is 0.190. The Kier molecular flexibility index (Phi) is 64.7. The van der Waals surface area contributed by atoms with Crippen LogP contribution in [0.5, 0.6) is 0 Å². The van der Waals surface area contributed by atoms with E-state index in [1.807, 2.05) is 13.8 Å². The van der Waals surface area contributed by atoms with Crippen LogP contribution in [-0.2, 0) is 114 Å². The molecule has 25 nitrogen and oxygen atoms in total. The first-order chi connectivity index (χ1) is 40.5. The van der Waals surface area contributed by atoms with Gasteiger partial charge in [0.25, 0.3) is 0 Å². The molecular weight excluding hydrogens is 2140 g/mol. The first-order valence-corrected chi connectivity index (χ1v) is 44.0. The van der Waals surface area contributed by atoms with Crippen molar-refractivity contribution in [1.29, 1.82) is 0 Å². The molecule has 0 aromatic heterocycles. The Hall–Kier alpha value is 9.69. The normalized spacial score (nSPS) is 27.8. The van der Waals surface area contributed by atoms with Crippen molar-refractivity contribution in [1.82, 2.24) is 0 Å². The van der Waals surface area contributed by atoms with Crippen molar-refractivity contribution in [2.24, 2.45) is 0 Å². The number of carbonyl (C=O) groups is 3. The van der Waals surface area contributed by atoms with Gasteiger partial charge in [-0.2, -0.15) is 0 Å². The molecule has 93 heavy (non-hydrogen) atoms. The molecule has 3 N–H and O–H groups in total. The van der Waals surface area contributed by atoms with Crippen LogP contribution in [0.4, 0.5) is 0 Å². The Balaban J connectivity index is -0.000000137. The van der Waals surface area contributed by atoms with Gasteiger partial charge in [0.1, 0.15) is 11.9 Å². The maximum absolute atomic E-state index is 13.5. The van der Waals surface area contributed by atoms with Crippen molar-refractivity contribution in [3.8, 4) is 0 Å². The van der Waals surface area contributed by atoms with Crippen LogP contribution in [-0.4, -0.2) is 461 Å². The summed E-state index contributed by atoms with van der Waals surface area (Å²) in [7, 11) is -3.92. The van der Waals surface area contributed by atoms with Crippen LogP contribution in [0, 0.1) is 39.6 Å². The number of aliphatic hydroxyl groups is 2. The molecule has 6 rings (SSSR count). The third-order valence-corrected chi connectivity index (χ3v) is 32.2. The largest absolute Gasteiger partial charge is 2.00 e. The van der Waals surface area contributed by atoms with Crippen molar-refractivity contribution in [2.45, 2.75) is 237 Å². The van der Waals surface area contributed by atoms with Gasteiger partial charge >= 0.3 is 332 Å². The molecule has 0 saturated carbocycles. The minimum atomic E-state index is -3.73. The Morgan fingerprint density at radius 2 is 0.849 bits per heavy atom. The van der Waals surface area contributed by atoms with E-state index in [9.17, 15) is 38.6 Å². The average molecular weight is 2240 g/mol. The Morgan fingerprint density at radius 1 is 0.538 bits per heavy atom. The van der Waals surface area contributed by atoms with E-state index < -0.39 is 73.3 Å². The van der Waals surface area contributed by atoms with Crippen LogP contribution in [0.15, 0.2) is 0 Å². The standard InChI is InChI=1S/C20H37O8PSSi.C17H33O6PSSi.C13H21O9PS.C3H5ClO2.6Ba.6H/c1-8-16-17(9-11-23-16)27-29(22,30-14-25-15(2)21)26-13-19-18(10-12-24-19)28-31(6,7)20(3,4)5;1-7-13-14(8-10-19-13)22-24(18,25)21-12-16-15(9-11-20-16)23-26(5,6)17(2,3)4;1-9(15)20-8-24-23(17,21-7-13-10(16)2-4-19-13)22-11-3-5-18-12(11)6-14;1-3(5)6-2-4;;;;;;;;;;;;/h11-12,16-19H,8-10,13-14H2,1-7H3;10-11,13-16H,7-9,12H2,1-6H3,(H,18,25);4-5,10-14,16H,2-3,6-8H2,1H3;2H2,1H3;;;;;;;;;;;;/q3*-2;;6*+2;6*-1/t16-,17?,18?,19-,29+;13-,14?,15?,16-,24?;10?,11?,12-,13-,23+;;;;;;;;;;;;;/m111............./s1. The number of carbonyl (C=O) groups excluding carboxylic acids is 3. The molecule has 0 aromatic carbocycles. The predicted octanol–water partition coefficient (Wildman–Crippen LogP) is 9.90. The third kappa shape index (κ3) is 42.8. The summed E-state index contributed by atoms with van der Waals surface area (Å²) in [5, 5.41) is 19.1. The van der Waals surface area contributed by atoms with Crippen LogP contribution >= 0.6 is 54.7 Å². The molecule has 7 unspecified atom stereocenters. The summed E-state index contributed by atoms with van der Waals surface area (Å²) in [5.41, 5.74) is 0. The van der Waals surface area contributed by atoms with E-state index in [-0.39, 0.29) is 411 Å². The summed E-state index contributed by atoms with van der Waals surface area (Å²) >= 11 is 11.7. The van der Waals surface area contributed by atoms with E-state index in [0.717, 1.165) is 24.2 Å². The fourth-order valence-corrected chi connectivity index (χ4v) is 17.9. The van der Waals surface area contributed by atoms with Crippen molar-refractivity contribution < 1.29 is 126 Å². The molecule has 15 atom stereocenters. The number of esters is 3. The quantitative estimate of drug-likeness (QED) is 0.0119. The number of halogens is 1. The van der Waals surface area contributed by atoms with Crippen LogP contribution < -0.4 is 0 Å². The number of hydrogen-bond donors (Lipinski definition) is 3. The van der Waals surface area contributed by atoms with Gasteiger partial charge in [-0.3, -0.25) is 32.5 Å². The monoisotopic (exact) mass is 2250 g/mol. The summed E-state index contributed by atoms with van der Waals surface area (Å²) in [5.74, 6) is -1.66. The van der Waals surface area contributed by atoms with Gasteiger partial charge in [0.15, 0.2) is 22.7 Å². The Morgan fingerprint density at radius 3 is 1.17 bits per heavy atom. The van der Waals surface area contributed by atoms with Gasteiger partial charge in [-0.1, -0.05) is 67.0 Å². The third-order valence-electron chi connectivity index (χ3n) is 14.8. The number of rotatable bonds is 29. The molecule has 0 amide bonds. The fourth-order valence-electron chi connectivity index (χ4n) is 7.75. The molecule has 40 heteroatoms. The zero-order valence-corrected chi connectivity index (χ0v) is 91.5. The first-order valence-electron chi connectivity index (χ1n) is 28.8. The molecule has 6 aliphatic heterocycles. The maximum atomic E-state index is 13.5. The zero-order valence-electron chi connectivity index (χ0n) is 63.0. The second kappa shape index (κ2) is 55.2. The van der Waals surface area contributed by atoms with Gasteiger partial charge in [0, 0.05) is 68.0 Å². The molecule has 6 fully saturated rings. The van der Waals surface area contributed by atoms with Gasteiger partial charge in [0.2, 0.25) is 0 Å². The molecule has 0 aliphatic carbocycles. The first kappa shape index (κ1) is 109. The van der Waals surface area contributed by atoms with Gasteiger partial charge in [-0.05, 0) is 60.9 Å². The molecule has 0 spiro atoms.